The van der Waals surface area contributed by atoms with E-state index in [1.165, 1.54) is 0 Å². The average Bonchev–Trinajstić information content (AvgIpc) is 2.70. The number of thiocarbonyl (C=S) groups is 1. The van der Waals surface area contributed by atoms with Crippen LogP contribution in [0.5, 0.6) is 0 Å². The monoisotopic (exact) mass is 434 g/mol. The smallest absolute Gasteiger partial charge is 0.191 e. The number of nitrogens with zero attached hydrogens (tertiary/aromatic N) is 2. The van der Waals surface area contributed by atoms with Crippen LogP contribution in [0.1, 0.15) is 5.69 Å². The van der Waals surface area contributed by atoms with E-state index in [1.54, 1.807) is 6.21 Å². The second-order valence-electron chi connectivity index (χ2n) is 5.89. The van der Waals surface area contributed by atoms with Gasteiger partial charge in [0, 0.05) is 20.9 Å². The zero-order valence-corrected chi connectivity index (χ0v) is 16.6. The van der Waals surface area contributed by atoms with Crippen molar-refractivity contribution in [2.24, 2.45) is 5.10 Å². The maximum atomic E-state index is 5.29. The summed E-state index contributed by atoms with van der Waals surface area (Å²) in [5, 5.41) is 11.1. The first-order valence-corrected chi connectivity index (χ1v) is 9.54. The molecule has 0 aliphatic rings. The van der Waals surface area contributed by atoms with Gasteiger partial charge in [-0.1, -0.05) is 58.4 Å². The Labute approximate surface area is 170 Å². The fraction of sp³-hybridized carbons (Fsp3) is 0. The molecular weight excluding hydrogens is 420 g/mol. The maximum Gasteiger partial charge on any atom is 0.191 e. The van der Waals surface area contributed by atoms with Gasteiger partial charge in [0.1, 0.15) is 0 Å². The van der Waals surface area contributed by atoms with Gasteiger partial charge in [0.25, 0.3) is 0 Å². The van der Waals surface area contributed by atoms with Gasteiger partial charge in [-0.15, -0.1) is 0 Å². The number of halogens is 1. The van der Waals surface area contributed by atoms with Crippen LogP contribution < -0.4 is 10.7 Å². The molecule has 0 aliphatic carbocycles. The lowest BCUT2D eigenvalue weighted by molar-refractivity contribution is 1.05. The molecule has 0 saturated heterocycles. The van der Waals surface area contributed by atoms with Crippen molar-refractivity contribution in [2.45, 2.75) is 0 Å². The zero-order chi connectivity index (χ0) is 18.6. The fourth-order valence-electron chi connectivity index (χ4n) is 2.87. The molecule has 0 atom stereocenters. The van der Waals surface area contributed by atoms with E-state index in [0.29, 0.717) is 5.11 Å². The number of benzene rings is 3. The highest BCUT2D eigenvalue weighted by atomic mass is 79.9. The van der Waals surface area contributed by atoms with Gasteiger partial charge in [0.05, 0.1) is 17.4 Å². The van der Waals surface area contributed by atoms with Crippen molar-refractivity contribution in [1.29, 1.82) is 0 Å². The minimum Gasteiger partial charge on any atom is -0.331 e. The molecule has 1 aromatic heterocycles. The van der Waals surface area contributed by atoms with Crippen LogP contribution in [0, 0.1) is 0 Å². The van der Waals surface area contributed by atoms with Gasteiger partial charge < -0.3 is 5.32 Å². The summed E-state index contributed by atoms with van der Waals surface area (Å²) in [5.41, 5.74) is 5.47. The minimum atomic E-state index is 0.415. The first-order valence-electron chi connectivity index (χ1n) is 8.34. The van der Waals surface area contributed by atoms with Gasteiger partial charge >= 0.3 is 0 Å². The molecule has 3 aromatic carbocycles. The quantitative estimate of drug-likeness (QED) is 0.194. The van der Waals surface area contributed by atoms with E-state index in [-0.39, 0.29) is 0 Å². The predicted molar refractivity (Wildman–Crippen MR) is 120 cm³/mol. The minimum absolute atomic E-state index is 0.415. The number of hydrogen-bond acceptors (Lipinski definition) is 3. The van der Waals surface area contributed by atoms with E-state index < -0.39 is 0 Å². The third-order valence-corrected chi connectivity index (χ3v) is 4.82. The average molecular weight is 435 g/mol. The maximum absolute atomic E-state index is 5.29. The van der Waals surface area contributed by atoms with E-state index >= 15 is 0 Å². The van der Waals surface area contributed by atoms with Crippen LogP contribution in [0.25, 0.3) is 21.7 Å². The largest absolute Gasteiger partial charge is 0.331 e. The lowest BCUT2D eigenvalue weighted by atomic mass is 10.0. The van der Waals surface area contributed by atoms with E-state index in [4.69, 9.17) is 17.2 Å². The van der Waals surface area contributed by atoms with Gasteiger partial charge in [-0.2, -0.15) is 5.10 Å². The van der Waals surface area contributed by atoms with Crippen LogP contribution in [-0.2, 0) is 0 Å². The standard InChI is InChI=1S/C21H15BrN4S/c22-14-9-11-15(12-10-14)24-21(27)26-23-13-20-18-7-2-1-5-16(18)17-6-3-4-8-19(17)25-20/h1-13H,(H2,24,26,27). The van der Waals surface area contributed by atoms with E-state index in [1.807, 2.05) is 54.6 Å². The molecular formula is C21H15BrN4S. The summed E-state index contributed by atoms with van der Waals surface area (Å²) in [6, 6.07) is 24.0. The first-order chi connectivity index (χ1) is 13.2. The number of rotatable bonds is 3. The van der Waals surface area contributed by atoms with Gasteiger partial charge in [-0.25, -0.2) is 4.98 Å². The van der Waals surface area contributed by atoms with E-state index in [0.717, 1.165) is 37.5 Å². The summed E-state index contributed by atoms with van der Waals surface area (Å²) in [6.45, 7) is 0. The summed E-state index contributed by atoms with van der Waals surface area (Å²) >= 11 is 8.70. The molecule has 0 fully saturated rings. The molecule has 1 heterocycles. The predicted octanol–water partition coefficient (Wildman–Crippen LogP) is 5.47. The molecule has 0 saturated carbocycles. The molecule has 0 unspecified atom stereocenters. The number of anilines is 1. The number of hydrazone groups is 1. The summed E-state index contributed by atoms with van der Waals surface area (Å²) in [7, 11) is 0. The Balaban J connectivity index is 1.57. The second-order valence-corrected chi connectivity index (χ2v) is 7.21. The highest BCUT2D eigenvalue weighted by Gasteiger charge is 2.06. The Morgan fingerprint density at radius 2 is 1.56 bits per heavy atom. The van der Waals surface area contributed by atoms with E-state index in [9.17, 15) is 0 Å². The van der Waals surface area contributed by atoms with Crippen molar-refractivity contribution >= 4 is 66.8 Å². The van der Waals surface area contributed by atoms with Crippen LogP contribution in [0.2, 0.25) is 0 Å². The van der Waals surface area contributed by atoms with Gasteiger partial charge in [-0.3, -0.25) is 5.43 Å². The van der Waals surface area contributed by atoms with Crippen molar-refractivity contribution in [3.63, 3.8) is 0 Å². The molecule has 4 rings (SSSR count). The summed E-state index contributed by atoms with van der Waals surface area (Å²) < 4.78 is 1.01. The van der Waals surface area contributed by atoms with Gasteiger partial charge in [-0.05, 0) is 47.9 Å². The highest BCUT2D eigenvalue weighted by molar-refractivity contribution is 9.10. The van der Waals surface area contributed by atoms with Crippen molar-refractivity contribution in [1.82, 2.24) is 10.4 Å². The Kier molecular flexibility index (Phi) is 5.09. The zero-order valence-electron chi connectivity index (χ0n) is 14.2. The normalized spacial score (nSPS) is 11.1. The Morgan fingerprint density at radius 1 is 0.889 bits per heavy atom. The van der Waals surface area contributed by atoms with Crippen molar-refractivity contribution in [3.8, 4) is 0 Å². The molecule has 0 spiro atoms. The third-order valence-electron chi connectivity index (χ3n) is 4.09. The van der Waals surface area contributed by atoms with E-state index in [2.05, 4.69) is 50.0 Å². The Hall–Kier alpha value is -2.83. The summed E-state index contributed by atoms with van der Waals surface area (Å²) in [4.78, 5) is 4.74. The van der Waals surface area contributed by atoms with Crippen molar-refractivity contribution in [3.05, 3.63) is 83.0 Å². The lowest BCUT2D eigenvalue weighted by Gasteiger charge is -2.08. The van der Waals surface area contributed by atoms with Crippen LogP contribution >= 0.6 is 28.1 Å². The van der Waals surface area contributed by atoms with Crippen LogP contribution in [0.15, 0.2) is 82.4 Å². The molecule has 132 valence electrons. The first kappa shape index (κ1) is 17.6. The topological polar surface area (TPSA) is 49.3 Å². The molecule has 0 aliphatic heterocycles. The molecule has 4 nitrogen and oxygen atoms in total. The molecule has 0 radical (unpaired) electrons. The Bertz CT molecular complexity index is 1160. The second kappa shape index (κ2) is 7.82. The number of nitrogens with one attached hydrogen (secondary N) is 2. The van der Waals surface area contributed by atoms with Crippen molar-refractivity contribution in [2.75, 3.05) is 5.32 Å². The molecule has 2 N–H and O–H groups in total. The molecule has 0 amide bonds. The number of pyridine rings is 1. The molecule has 27 heavy (non-hydrogen) atoms. The summed E-state index contributed by atoms with van der Waals surface area (Å²) in [5.74, 6) is 0. The van der Waals surface area contributed by atoms with Crippen LogP contribution in [0.4, 0.5) is 5.69 Å². The third kappa shape index (κ3) is 3.97. The summed E-state index contributed by atoms with van der Waals surface area (Å²) in [6.07, 6.45) is 1.70. The molecule has 4 aromatic rings. The SMILES string of the molecule is S=C(NN=Cc1nc2ccccc2c2ccccc12)Nc1ccc(Br)cc1. The van der Waals surface area contributed by atoms with Crippen LogP contribution in [-0.4, -0.2) is 16.3 Å². The highest BCUT2D eigenvalue weighted by Crippen LogP contribution is 2.25. The number of fused-ring (bicyclic) bond motifs is 3. The fourth-order valence-corrected chi connectivity index (χ4v) is 3.31. The number of para-hydroxylation sites is 1. The molecule has 0 bridgehead atoms. The lowest BCUT2D eigenvalue weighted by Crippen LogP contribution is -2.23. The number of aromatic nitrogens is 1. The van der Waals surface area contributed by atoms with Gasteiger partial charge in [0.2, 0.25) is 0 Å². The number of hydrogen-bond donors (Lipinski definition) is 2. The van der Waals surface area contributed by atoms with Gasteiger partial charge in [0.15, 0.2) is 5.11 Å². The molecule has 6 heteroatoms. The Morgan fingerprint density at radius 3 is 2.33 bits per heavy atom. The van der Waals surface area contributed by atoms with Crippen molar-refractivity contribution < 1.29 is 0 Å². The van der Waals surface area contributed by atoms with Crippen LogP contribution in [0.3, 0.4) is 0 Å².